The zero-order valence-electron chi connectivity index (χ0n) is 13.2. The molecular formula is C15H27N3O3. The molecule has 0 spiro atoms. The summed E-state index contributed by atoms with van der Waals surface area (Å²) < 4.78 is 0. The van der Waals surface area contributed by atoms with E-state index < -0.39 is 11.9 Å². The Kier molecular flexibility index (Phi) is 5.22. The van der Waals surface area contributed by atoms with Crippen LogP contribution in [0.3, 0.4) is 0 Å². The molecule has 0 aromatic carbocycles. The van der Waals surface area contributed by atoms with Crippen LogP contribution in [-0.2, 0) is 9.59 Å². The van der Waals surface area contributed by atoms with E-state index in [-0.39, 0.29) is 11.8 Å². The maximum atomic E-state index is 12.0. The van der Waals surface area contributed by atoms with Crippen molar-refractivity contribution in [3.8, 4) is 0 Å². The fraction of sp³-hybridized carbons (Fsp3) is 0.867. The van der Waals surface area contributed by atoms with E-state index in [2.05, 4.69) is 36.0 Å². The van der Waals surface area contributed by atoms with Crippen molar-refractivity contribution in [2.75, 3.05) is 39.8 Å². The van der Waals surface area contributed by atoms with Gasteiger partial charge in [-0.1, -0.05) is 13.8 Å². The van der Waals surface area contributed by atoms with Crippen LogP contribution >= 0.6 is 0 Å². The average Bonchev–Trinajstić information content (AvgIpc) is 3.21. The number of piperazine rings is 1. The fourth-order valence-corrected chi connectivity index (χ4v) is 3.03. The minimum absolute atomic E-state index is 0.0952. The lowest BCUT2D eigenvalue weighted by Crippen LogP contribution is -2.54. The Morgan fingerprint density at radius 2 is 1.81 bits per heavy atom. The first-order chi connectivity index (χ1) is 9.90. The van der Waals surface area contributed by atoms with E-state index in [0.717, 1.165) is 26.2 Å². The largest absolute Gasteiger partial charge is 0.481 e. The van der Waals surface area contributed by atoms with Gasteiger partial charge in [0.15, 0.2) is 0 Å². The van der Waals surface area contributed by atoms with Crippen LogP contribution in [0.4, 0.5) is 0 Å². The third-order valence-corrected chi connectivity index (χ3v) is 4.71. The van der Waals surface area contributed by atoms with E-state index >= 15 is 0 Å². The molecule has 1 unspecified atom stereocenters. The number of carboxylic acids is 1. The van der Waals surface area contributed by atoms with E-state index in [9.17, 15) is 9.59 Å². The number of carboxylic acid groups (broad SMARTS) is 1. The van der Waals surface area contributed by atoms with Gasteiger partial charge in [0.1, 0.15) is 0 Å². The van der Waals surface area contributed by atoms with E-state index in [0.29, 0.717) is 24.9 Å². The molecule has 0 radical (unpaired) electrons. The molecule has 0 aromatic heterocycles. The second kappa shape index (κ2) is 6.75. The van der Waals surface area contributed by atoms with Gasteiger partial charge in [0.25, 0.3) is 0 Å². The molecule has 2 aliphatic rings. The third kappa shape index (κ3) is 4.17. The quantitative estimate of drug-likeness (QED) is 0.727. The minimum Gasteiger partial charge on any atom is -0.481 e. The van der Waals surface area contributed by atoms with Gasteiger partial charge in [-0.2, -0.15) is 0 Å². The Balaban J connectivity index is 1.81. The van der Waals surface area contributed by atoms with Crippen LogP contribution in [0, 0.1) is 17.8 Å². The summed E-state index contributed by atoms with van der Waals surface area (Å²) in [6, 6.07) is 0.324. The van der Waals surface area contributed by atoms with Gasteiger partial charge in [-0.15, -0.1) is 0 Å². The lowest BCUT2D eigenvalue weighted by atomic mass is 10.0. The second-order valence-electron chi connectivity index (χ2n) is 6.68. The first-order valence-electron chi connectivity index (χ1n) is 7.83. The predicted molar refractivity (Wildman–Crippen MR) is 79.9 cm³/mol. The van der Waals surface area contributed by atoms with Crippen molar-refractivity contribution in [3.05, 3.63) is 0 Å². The van der Waals surface area contributed by atoms with Crippen LogP contribution in [0.15, 0.2) is 0 Å². The Bertz CT molecular complexity index is 392. The number of amides is 1. The fourth-order valence-electron chi connectivity index (χ4n) is 3.03. The van der Waals surface area contributed by atoms with Crippen LogP contribution in [0.2, 0.25) is 0 Å². The van der Waals surface area contributed by atoms with Crippen molar-refractivity contribution < 1.29 is 14.7 Å². The molecular weight excluding hydrogens is 270 g/mol. The maximum absolute atomic E-state index is 12.0. The third-order valence-electron chi connectivity index (χ3n) is 4.71. The number of rotatable bonds is 6. The normalized spacial score (nSPS) is 28.4. The smallest absolute Gasteiger partial charge is 0.307 e. The molecule has 21 heavy (non-hydrogen) atoms. The van der Waals surface area contributed by atoms with Gasteiger partial charge in [-0.3, -0.25) is 14.5 Å². The standard InChI is InChI=1S/C15H27N3O3/c1-10(2)13(18-6-4-17(3)5-7-18)9-16-14(19)11-8-12(11)15(20)21/h10-13H,4-9H2,1-3H3,(H,16,19)(H,20,21)/t11-,12+,13?/m1/s1. The number of nitrogens with zero attached hydrogens (tertiary/aromatic N) is 2. The SMILES string of the molecule is CC(C)C(CNC(=O)[C@@H]1C[C@@H]1C(=O)O)N1CCN(C)CC1. The molecule has 1 aliphatic heterocycles. The molecule has 6 heteroatoms. The Hall–Kier alpha value is -1.14. The van der Waals surface area contributed by atoms with Gasteiger partial charge in [-0.25, -0.2) is 0 Å². The van der Waals surface area contributed by atoms with Crippen LogP contribution in [0.25, 0.3) is 0 Å². The molecule has 1 saturated heterocycles. The number of carbonyl (C=O) groups excluding carboxylic acids is 1. The van der Waals surface area contributed by atoms with Crippen molar-refractivity contribution in [1.29, 1.82) is 0 Å². The highest BCUT2D eigenvalue weighted by Gasteiger charge is 2.48. The van der Waals surface area contributed by atoms with Gasteiger partial charge in [0.2, 0.25) is 5.91 Å². The minimum atomic E-state index is -0.852. The number of likely N-dealkylation sites (N-methyl/N-ethyl adjacent to an activating group) is 1. The predicted octanol–water partition coefficient (Wildman–Crippen LogP) is 0.0953. The molecule has 2 rings (SSSR count). The molecule has 1 saturated carbocycles. The summed E-state index contributed by atoms with van der Waals surface area (Å²) in [5, 5.41) is 11.8. The van der Waals surface area contributed by atoms with E-state index in [4.69, 9.17) is 5.11 Å². The topological polar surface area (TPSA) is 72.9 Å². The number of hydrogen-bond acceptors (Lipinski definition) is 4. The van der Waals surface area contributed by atoms with Gasteiger partial charge in [0, 0.05) is 38.8 Å². The first kappa shape index (κ1) is 16.2. The summed E-state index contributed by atoms with van der Waals surface area (Å²) >= 11 is 0. The van der Waals surface area contributed by atoms with Crippen molar-refractivity contribution in [3.63, 3.8) is 0 Å². The van der Waals surface area contributed by atoms with Crippen LogP contribution in [-0.4, -0.2) is 72.6 Å². The average molecular weight is 297 g/mol. The first-order valence-corrected chi connectivity index (χ1v) is 7.83. The highest BCUT2D eigenvalue weighted by atomic mass is 16.4. The molecule has 6 nitrogen and oxygen atoms in total. The van der Waals surface area contributed by atoms with Gasteiger partial charge in [-0.05, 0) is 19.4 Å². The summed E-state index contributed by atoms with van der Waals surface area (Å²) in [5.74, 6) is -1.27. The lowest BCUT2D eigenvalue weighted by molar-refractivity contribution is -0.140. The zero-order chi connectivity index (χ0) is 15.6. The van der Waals surface area contributed by atoms with Crippen LogP contribution in [0.5, 0.6) is 0 Å². The molecule has 2 fully saturated rings. The second-order valence-corrected chi connectivity index (χ2v) is 6.68. The van der Waals surface area contributed by atoms with E-state index in [1.165, 1.54) is 0 Å². The Morgan fingerprint density at radius 1 is 1.19 bits per heavy atom. The Labute approximate surface area is 126 Å². The van der Waals surface area contributed by atoms with E-state index in [1.807, 2.05) is 0 Å². The number of nitrogens with one attached hydrogen (secondary N) is 1. The van der Waals surface area contributed by atoms with Crippen molar-refractivity contribution in [2.45, 2.75) is 26.3 Å². The number of hydrogen-bond donors (Lipinski definition) is 2. The van der Waals surface area contributed by atoms with Gasteiger partial charge in [0.05, 0.1) is 11.8 Å². The highest BCUT2D eigenvalue weighted by Crippen LogP contribution is 2.38. The molecule has 2 N–H and O–H groups in total. The van der Waals surface area contributed by atoms with Crippen LogP contribution < -0.4 is 5.32 Å². The van der Waals surface area contributed by atoms with Crippen LogP contribution in [0.1, 0.15) is 20.3 Å². The summed E-state index contributed by atoms with van der Waals surface area (Å²) in [6.07, 6.45) is 0.488. The molecule has 1 amide bonds. The van der Waals surface area contributed by atoms with Crippen molar-refractivity contribution in [1.82, 2.24) is 15.1 Å². The molecule has 0 aromatic rings. The molecule has 120 valence electrons. The number of aliphatic carboxylic acids is 1. The van der Waals surface area contributed by atoms with Gasteiger partial charge >= 0.3 is 5.97 Å². The molecule has 0 bridgehead atoms. The van der Waals surface area contributed by atoms with Gasteiger partial charge < -0.3 is 15.3 Å². The summed E-state index contributed by atoms with van der Waals surface area (Å²) in [4.78, 5) is 27.5. The van der Waals surface area contributed by atoms with Crippen molar-refractivity contribution >= 4 is 11.9 Å². The monoisotopic (exact) mass is 297 g/mol. The highest BCUT2D eigenvalue weighted by molar-refractivity contribution is 5.89. The summed E-state index contributed by atoms with van der Waals surface area (Å²) in [5.41, 5.74) is 0. The molecule has 3 atom stereocenters. The maximum Gasteiger partial charge on any atom is 0.307 e. The van der Waals surface area contributed by atoms with E-state index in [1.54, 1.807) is 0 Å². The summed E-state index contributed by atoms with van der Waals surface area (Å²) in [6.45, 7) is 9.12. The Morgan fingerprint density at radius 3 is 2.29 bits per heavy atom. The molecule has 1 heterocycles. The molecule has 1 aliphatic carbocycles. The summed E-state index contributed by atoms with van der Waals surface area (Å²) in [7, 11) is 2.13. The number of carbonyl (C=O) groups is 2. The lowest BCUT2D eigenvalue weighted by Gasteiger charge is -2.40. The zero-order valence-corrected chi connectivity index (χ0v) is 13.2. The van der Waals surface area contributed by atoms with Crippen molar-refractivity contribution in [2.24, 2.45) is 17.8 Å².